The van der Waals surface area contributed by atoms with Gasteiger partial charge in [-0.15, -0.1) is 0 Å². The molecule has 18 heavy (non-hydrogen) atoms. The average Bonchev–Trinajstić information content (AvgIpc) is 2.35. The van der Waals surface area contributed by atoms with Gasteiger partial charge in [0.15, 0.2) is 0 Å². The van der Waals surface area contributed by atoms with E-state index in [-0.39, 0.29) is 17.4 Å². The maximum atomic E-state index is 13.2. The predicted octanol–water partition coefficient (Wildman–Crippen LogP) is 4.51. The van der Waals surface area contributed by atoms with Crippen molar-refractivity contribution in [2.45, 2.75) is 13.5 Å². The van der Waals surface area contributed by atoms with Crippen molar-refractivity contribution in [3.63, 3.8) is 0 Å². The third-order valence-electron chi connectivity index (χ3n) is 2.56. The third kappa shape index (κ3) is 2.79. The summed E-state index contributed by atoms with van der Waals surface area (Å²) < 4.78 is 31.7. The topological polar surface area (TPSA) is 9.23 Å². The predicted molar refractivity (Wildman–Crippen MR) is 66.9 cm³/mol. The molecule has 0 aliphatic heterocycles. The summed E-state index contributed by atoms with van der Waals surface area (Å²) >= 11 is 5.80. The van der Waals surface area contributed by atoms with E-state index in [1.807, 2.05) is 0 Å². The Morgan fingerprint density at radius 2 is 1.89 bits per heavy atom. The summed E-state index contributed by atoms with van der Waals surface area (Å²) in [5, 5.41) is 0.0522. The largest absolute Gasteiger partial charge is 0.489 e. The van der Waals surface area contributed by atoms with E-state index in [4.69, 9.17) is 16.3 Å². The molecule has 2 aromatic carbocycles. The highest BCUT2D eigenvalue weighted by Crippen LogP contribution is 2.22. The standard InChI is InChI=1S/C14H11ClF2O/c1-9-7-11(5-6-12(9)16)18-8-10-3-2-4-13(17)14(10)15/h2-7H,8H2,1H3. The van der Waals surface area contributed by atoms with Gasteiger partial charge in [0.1, 0.15) is 24.0 Å². The first-order chi connectivity index (χ1) is 8.58. The third-order valence-corrected chi connectivity index (χ3v) is 2.98. The van der Waals surface area contributed by atoms with Crippen molar-refractivity contribution in [3.8, 4) is 5.75 Å². The number of ether oxygens (including phenoxy) is 1. The summed E-state index contributed by atoms with van der Waals surface area (Å²) in [5.41, 5.74) is 1.05. The van der Waals surface area contributed by atoms with Gasteiger partial charge < -0.3 is 4.74 Å². The van der Waals surface area contributed by atoms with Crippen molar-refractivity contribution in [3.05, 3.63) is 64.2 Å². The van der Waals surface area contributed by atoms with E-state index < -0.39 is 5.82 Å². The van der Waals surface area contributed by atoms with Crippen molar-refractivity contribution in [2.24, 2.45) is 0 Å². The number of hydrogen-bond donors (Lipinski definition) is 0. The van der Waals surface area contributed by atoms with Crippen LogP contribution < -0.4 is 4.74 Å². The molecule has 4 heteroatoms. The van der Waals surface area contributed by atoms with E-state index >= 15 is 0 Å². The molecule has 0 spiro atoms. The summed E-state index contributed by atoms with van der Waals surface area (Å²) in [4.78, 5) is 0. The first-order valence-electron chi connectivity index (χ1n) is 5.40. The van der Waals surface area contributed by atoms with Gasteiger partial charge in [-0.25, -0.2) is 8.78 Å². The van der Waals surface area contributed by atoms with Crippen LogP contribution in [0, 0.1) is 18.6 Å². The highest BCUT2D eigenvalue weighted by atomic mass is 35.5. The van der Waals surface area contributed by atoms with Crippen LogP contribution in [0.3, 0.4) is 0 Å². The van der Waals surface area contributed by atoms with Crippen LogP contribution in [0.1, 0.15) is 11.1 Å². The van der Waals surface area contributed by atoms with E-state index in [1.54, 1.807) is 25.1 Å². The molecule has 0 aliphatic rings. The molecule has 0 radical (unpaired) electrons. The molecule has 0 unspecified atom stereocenters. The Morgan fingerprint density at radius 3 is 2.61 bits per heavy atom. The van der Waals surface area contributed by atoms with Crippen LogP contribution in [-0.2, 0) is 6.61 Å². The van der Waals surface area contributed by atoms with E-state index in [2.05, 4.69) is 0 Å². The van der Waals surface area contributed by atoms with Gasteiger partial charge in [-0.1, -0.05) is 23.7 Å². The monoisotopic (exact) mass is 268 g/mol. The fraction of sp³-hybridized carbons (Fsp3) is 0.143. The normalized spacial score (nSPS) is 10.4. The number of benzene rings is 2. The Bertz CT molecular complexity index is 570. The van der Waals surface area contributed by atoms with E-state index in [0.29, 0.717) is 16.9 Å². The van der Waals surface area contributed by atoms with Crippen molar-refractivity contribution < 1.29 is 13.5 Å². The van der Waals surface area contributed by atoms with Crippen molar-refractivity contribution in [1.29, 1.82) is 0 Å². The van der Waals surface area contributed by atoms with Crippen LogP contribution in [0.15, 0.2) is 36.4 Å². The SMILES string of the molecule is Cc1cc(OCc2cccc(F)c2Cl)ccc1F. The van der Waals surface area contributed by atoms with Gasteiger partial charge in [0.05, 0.1) is 5.02 Å². The second kappa shape index (κ2) is 5.36. The van der Waals surface area contributed by atoms with Gasteiger partial charge >= 0.3 is 0 Å². The number of hydrogen-bond acceptors (Lipinski definition) is 1. The Morgan fingerprint density at radius 1 is 1.11 bits per heavy atom. The lowest BCUT2D eigenvalue weighted by atomic mass is 10.2. The highest BCUT2D eigenvalue weighted by molar-refractivity contribution is 6.31. The van der Waals surface area contributed by atoms with Crippen molar-refractivity contribution >= 4 is 11.6 Å². The minimum atomic E-state index is -0.479. The molecule has 0 saturated carbocycles. The lowest BCUT2D eigenvalue weighted by molar-refractivity contribution is 0.305. The summed E-state index contributed by atoms with van der Waals surface area (Å²) in [6.45, 7) is 1.79. The van der Waals surface area contributed by atoms with Gasteiger partial charge in [-0.2, -0.15) is 0 Å². The molecular formula is C14H11ClF2O. The summed E-state index contributed by atoms with van der Waals surface area (Å²) in [7, 11) is 0. The quantitative estimate of drug-likeness (QED) is 0.796. The molecule has 0 N–H and O–H groups in total. The average molecular weight is 269 g/mol. The van der Waals surface area contributed by atoms with Gasteiger partial charge in [0, 0.05) is 5.56 Å². The minimum absolute atomic E-state index is 0.0522. The molecule has 0 fully saturated rings. The molecule has 0 amide bonds. The van der Waals surface area contributed by atoms with Crippen LogP contribution in [0.5, 0.6) is 5.75 Å². The molecule has 0 aromatic heterocycles. The Hall–Kier alpha value is -1.61. The summed E-state index contributed by atoms with van der Waals surface area (Å²) in [5.74, 6) is -0.242. The Balaban J connectivity index is 2.11. The van der Waals surface area contributed by atoms with Crippen molar-refractivity contribution in [2.75, 3.05) is 0 Å². The molecule has 94 valence electrons. The fourth-order valence-electron chi connectivity index (χ4n) is 1.53. The zero-order valence-electron chi connectivity index (χ0n) is 9.71. The van der Waals surface area contributed by atoms with Crippen LogP contribution in [0.25, 0.3) is 0 Å². The fourth-order valence-corrected chi connectivity index (χ4v) is 1.71. The highest BCUT2D eigenvalue weighted by Gasteiger charge is 2.06. The maximum absolute atomic E-state index is 13.2. The van der Waals surface area contributed by atoms with Crippen LogP contribution in [0.4, 0.5) is 8.78 Å². The summed E-state index contributed by atoms with van der Waals surface area (Å²) in [6.07, 6.45) is 0. The maximum Gasteiger partial charge on any atom is 0.142 e. The van der Waals surface area contributed by atoms with Crippen LogP contribution >= 0.6 is 11.6 Å². The van der Waals surface area contributed by atoms with Crippen LogP contribution in [-0.4, -0.2) is 0 Å². The minimum Gasteiger partial charge on any atom is -0.489 e. The lowest BCUT2D eigenvalue weighted by Gasteiger charge is -2.09. The molecule has 0 bridgehead atoms. The molecular weight excluding hydrogens is 258 g/mol. The zero-order valence-corrected chi connectivity index (χ0v) is 10.5. The molecule has 0 heterocycles. The molecule has 0 aliphatic carbocycles. The number of aryl methyl sites for hydroxylation is 1. The first kappa shape index (κ1) is 12.8. The molecule has 2 aromatic rings. The second-order valence-electron chi connectivity index (χ2n) is 3.91. The molecule has 0 atom stereocenters. The Labute approximate surface area is 109 Å². The first-order valence-corrected chi connectivity index (χ1v) is 5.77. The molecule has 1 nitrogen and oxygen atoms in total. The summed E-state index contributed by atoms with van der Waals surface area (Å²) in [6, 6.07) is 8.97. The van der Waals surface area contributed by atoms with E-state index in [1.165, 1.54) is 18.2 Å². The number of halogens is 3. The van der Waals surface area contributed by atoms with Gasteiger partial charge in [0.25, 0.3) is 0 Å². The van der Waals surface area contributed by atoms with Crippen LogP contribution in [0.2, 0.25) is 5.02 Å². The lowest BCUT2D eigenvalue weighted by Crippen LogP contribution is -1.98. The number of rotatable bonds is 3. The molecule has 2 rings (SSSR count). The smallest absolute Gasteiger partial charge is 0.142 e. The Kier molecular flexibility index (Phi) is 3.82. The molecule has 0 saturated heterocycles. The second-order valence-corrected chi connectivity index (χ2v) is 4.29. The van der Waals surface area contributed by atoms with Gasteiger partial charge in [-0.3, -0.25) is 0 Å². The van der Waals surface area contributed by atoms with Gasteiger partial charge in [-0.05, 0) is 36.8 Å². The van der Waals surface area contributed by atoms with E-state index in [0.717, 1.165) is 0 Å². The zero-order chi connectivity index (χ0) is 13.1. The van der Waals surface area contributed by atoms with E-state index in [9.17, 15) is 8.78 Å². The van der Waals surface area contributed by atoms with Crippen molar-refractivity contribution in [1.82, 2.24) is 0 Å². The van der Waals surface area contributed by atoms with Gasteiger partial charge in [0.2, 0.25) is 0 Å².